The molecule has 0 spiro atoms. The van der Waals surface area contributed by atoms with Gasteiger partial charge in [-0.25, -0.2) is 0 Å². The van der Waals surface area contributed by atoms with Gasteiger partial charge in [0.2, 0.25) is 0 Å². The van der Waals surface area contributed by atoms with Gasteiger partial charge in [0.15, 0.2) is 0 Å². The zero-order valence-corrected chi connectivity index (χ0v) is 13.5. The van der Waals surface area contributed by atoms with Crippen LogP contribution in [0.2, 0.25) is 0 Å². The van der Waals surface area contributed by atoms with Crippen molar-refractivity contribution in [3.8, 4) is 0 Å². The molecule has 0 aromatic carbocycles. The van der Waals surface area contributed by atoms with E-state index in [1.165, 1.54) is 23.0 Å². The van der Waals surface area contributed by atoms with Gasteiger partial charge in [0.1, 0.15) is 0 Å². The van der Waals surface area contributed by atoms with Crippen molar-refractivity contribution < 1.29 is 0 Å². The average Bonchev–Trinajstić information content (AvgIpc) is 1.98. The molecule has 0 aliphatic carbocycles. The van der Waals surface area contributed by atoms with Gasteiger partial charge in [-0.2, -0.15) is 35.3 Å². The van der Waals surface area contributed by atoms with E-state index < -0.39 is 0 Å². The third-order valence-electron chi connectivity index (χ3n) is 1.53. The zero-order valence-electron chi connectivity index (χ0n) is 11.1. The summed E-state index contributed by atoms with van der Waals surface area (Å²) in [5.74, 6) is 5.17. The second-order valence-corrected chi connectivity index (χ2v) is 10.6. The van der Waals surface area contributed by atoms with Crippen LogP contribution in [0.15, 0.2) is 0 Å². The summed E-state index contributed by atoms with van der Waals surface area (Å²) in [6.07, 6.45) is 0. The number of thioether (sulfide) groups is 3. The number of hydrogen-bond donors (Lipinski definition) is 0. The molecule has 0 nitrogen and oxygen atoms in total. The van der Waals surface area contributed by atoms with Crippen LogP contribution in [-0.4, -0.2) is 32.5 Å². The Morgan fingerprint density at radius 2 is 0.933 bits per heavy atom. The van der Waals surface area contributed by atoms with Crippen LogP contribution in [0.3, 0.4) is 0 Å². The summed E-state index contributed by atoms with van der Waals surface area (Å²) in [5, 5.41) is 0. The van der Waals surface area contributed by atoms with E-state index in [4.69, 9.17) is 0 Å². The Balaban J connectivity index is 3.20. The first-order chi connectivity index (χ1) is 6.71. The van der Waals surface area contributed by atoms with Crippen LogP contribution in [0.1, 0.15) is 41.5 Å². The molecule has 0 saturated heterocycles. The molecule has 0 aliphatic heterocycles. The second kappa shape index (κ2) is 7.39. The van der Waals surface area contributed by atoms with E-state index in [1.54, 1.807) is 0 Å². The predicted molar refractivity (Wildman–Crippen MR) is 81.7 cm³/mol. The summed E-state index contributed by atoms with van der Waals surface area (Å²) < 4.78 is 0.863. The van der Waals surface area contributed by atoms with E-state index in [1.807, 2.05) is 0 Å². The molecule has 92 valence electrons. The first kappa shape index (κ1) is 16.1. The van der Waals surface area contributed by atoms with Crippen molar-refractivity contribution in [3.63, 3.8) is 0 Å². The topological polar surface area (TPSA) is 0 Å². The Morgan fingerprint density at radius 3 is 1.20 bits per heavy atom. The molecule has 0 amide bonds. The number of rotatable bonds is 6. The van der Waals surface area contributed by atoms with Gasteiger partial charge in [0, 0.05) is 32.5 Å². The molecule has 0 heterocycles. The largest absolute Gasteiger partial charge is 0.160 e. The van der Waals surface area contributed by atoms with Crippen molar-refractivity contribution in [1.82, 2.24) is 0 Å². The lowest BCUT2D eigenvalue weighted by Gasteiger charge is -2.18. The lowest BCUT2D eigenvalue weighted by Crippen LogP contribution is -2.10. The van der Waals surface area contributed by atoms with Gasteiger partial charge in [0.25, 0.3) is 0 Å². The van der Waals surface area contributed by atoms with Crippen LogP contribution in [-0.2, 0) is 0 Å². The molecule has 0 rings (SSSR count). The van der Waals surface area contributed by atoms with E-state index >= 15 is 0 Å². The Hall–Kier alpha value is 1.05. The van der Waals surface area contributed by atoms with Crippen LogP contribution in [0.25, 0.3) is 0 Å². The molecule has 0 saturated carbocycles. The van der Waals surface area contributed by atoms with E-state index in [0.717, 1.165) is 0 Å². The van der Waals surface area contributed by atoms with Crippen LogP contribution >= 0.6 is 35.3 Å². The van der Waals surface area contributed by atoms with Crippen molar-refractivity contribution in [2.75, 3.05) is 23.0 Å². The molecule has 0 unspecified atom stereocenters. The summed E-state index contributed by atoms with van der Waals surface area (Å²) in [6.45, 7) is 13.7. The van der Waals surface area contributed by atoms with Crippen LogP contribution < -0.4 is 0 Å². The zero-order chi connectivity index (χ0) is 11.9. The molecule has 0 radical (unpaired) electrons. The summed E-state index contributed by atoms with van der Waals surface area (Å²) in [4.78, 5) is 0. The predicted octanol–water partition coefficient (Wildman–Crippen LogP) is 4.78. The molecule has 15 heavy (non-hydrogen) atoms. The Labute approximate surface area is 109 Å². The fraction of sp³-hybridized carbons (Fsp3) is 1.00. The quantitative estimate of drug-likeness (QED) is 0.635. The van der Waals surface area contributed by atoms with E-state index in [2.05, 4.69) is 76.8 Å². The highest BCUT2D eigenvalue weighted by atomic mass is 32.2. The van der Waals surface area contributed by atoms with Gasteiger partial charge in [-0.05, 0) is 0 Å². The van der Waals surface area contributed by atoms with Crippen molar-refractivity contribution in [2.45, 2.75) is 51.0 Å². The molecule has 0 fully saturated rings. The minimum atomic E-state index is 0.431. The fourth-order valence-electron chi connectivity index (χ4n) is 0.916. The normalized spacial score (nSPS) is 13.2. The van der Waals surface area contributed by atoms with Crippen LogP contribution in [0, 0.1) is 0 Å². The lowest BCUT2D eigenvalue weighted by atomic mass is 10.3. The second-order valence-electron chi connectivity index (χ2n) is 5.53. The highest BCUT2D eigenvalue weighted by Crippen LogP contribution is 2.26. The number of hydrogen-bond acceptors (Lipinski definition) is 3. The van der Waals surface area contributed by atoms with Crippen LogP contribution in [0.5, 0.6) is 0 Å². The average molecular weight is 267 g/mol. The highest BCUT2D eigenvalue weighted by Gasteiger charge is 2.10. The third-order valence-corrected chi connectivity index (χ3v) is 5.58. The smallest absolute Gasteiger partial charge is 0.00753 e. The Kier molecular flexibility index (Phi) is 7.91. The minimum absolute atomic E-state index is 0.431. The molecular formula is C12H26S3. The van der Waals surface area contributed by atoms with Gasteiger partial charge < -0.3 is 0 Å². The maximum absolute atomic E-state index is 2.29. The SMILES string of the molecule is CC(C)(C)SCCSCCSC(C)(C)C. The summed E-state index contributed by atoms with van der Waals surface area (Å²) in [5.41, 5.74) is 0. The van der Waals surface area contributed by atoms with Crippen molar-refractivity contribution in [3.05, 3.63) is 0 Å². The molecule has 0 bridgehead atoms. The van der Waals surface area contributed by atoms with Gasteiger partial charge in [-0.1, -0.05) is 41.5 Å². The van der Waals surface area contributed by atoms with Gasteiger partial charge in [-0.15, -0.1) is 0 Å². The highest BCUT2D eigenvalue weighted by molar-refractivity contribution is 8.05. The van der Waals surface area contributed by atoms with E-state index in [9.17, 15) is 0 Å². The molecule has 0 atom stereocenters. The lowest BCUT2D eigenvalue weighted by molar-refractivity contribution is 0.803. The summed E-state index contributed by atoms with van der Waals surface area (Å²) in [6, 6.07) is 0. The standard InChI is InChI=1S/C12H26S3/c1-11(2,3)14-9-7-13-8-10-15-12(4,5)6/h7-10H2,1-6H3. The fourth-order valence-corrected chi connectivity index (χ4v) is 3.95. The van der Waals surface area contributed by atoms with Crippen molar-refractivity contribution in [2.24, 2.45) is 0 Å². The maximum Gasteiger partial charge on any atom is 0.00753 e. The van der Waals surface area contributed by atoms with Crippen molar-refractivity contribution in [1.29, 1.82) is 0 Å². The Bertz CT molecular complexity index is 135. The molecule has 0 N–H and O–H groups in total. The first-order valence-electron chi connectivity index (χ1n) is 5.56. The van der Waals surface area contributed by atoms with Gasteiger partial charge >= 0.3 is 0 Å². The molecule has 3 heteroatoms. The van der Waals surface area contributed by atoms with Gasteiger partial charge in [-0.3, -0.25) is 0 Å². The molecular weight excluding hydrogens is 240 g/mol. The molecule has 0 aliphatic rings. The maximum atomic E-state index is 2.29. The molecule has 0 aromatic rings. The van der Waals surface area contributed by atoms with E-state index in [0.29, 0.717) is 9.49 Å². The van der Waals surface area contributed by atoms with Crippen LogP contribution in [0.4, 0.5) is 0 Å². The van der Waals surface area contributed by atoms with Gasteiger partial charge in [0.05, 0.1) is 0 Å². The summed E-state index contributed by atoms with van der Waals surface area (Å²) >= 11 is 6.23. The third kappa shape index (κ3) is 15.1. The first-order valence-corrected chi connectivity index (χ1v) is 8.69. The summed E-state index contributed by atoms with van der Waals surface area (Å²) in [7, 11) is 0. The van der Waals surface area contributed by atoms with Crippen molar-refractivity contribution >= 4 is 35.3 Å². The monoisotopic (exact) mass is 266 g/mol. The minimum Gasteiger partial charge on any atom is -0.160 e. The van der Waals surface area contributed by atoms with E-state index in [-0.39, 0.29) is 0 Å². The Morgan fingerprint density at radius 1 is 0.600 bits per heavy atom. The molecule has 0 aromatic heterocycles.